The predicted octanol–water partition coefficient (Wildman–Crippen LogP) is 6.96. The second-order valence-electron chi connectivity index (χ2n) is 5.85. The van der Waals surface area contributed by atoms with Crippen LogP contribution in [0.2, 0.25) is 0 Å². The van der Waals surface area contributed by atoms with E-state index in [1.54, 1.807) is 49.2 Å². The van der Waals surface area contributed by atoms with Crippen LogP contribution in [0.3, 0.4) is 0 Å². The molecule has 0 unspecified atom stereocenters. The molecule has 0 bridgehead atoms. The molecule has 1 aromatic rings. The summed E-state index contributed by atoms with van der Waals surface area (Å²) >= 11 is 4.76. The number of rotatable bonds is 7. The van der Waals surface area contributed by atoms with Crippen LogP contribution in [0.15, 0.2) is 65.5 Å². The molecule has 1 aromatic carbocycles. The number of aliphatic hydroxyl groups excluding tert-OH is 1. The Kier molecular flexibility index (Phi) is 26.7. The minimum absolute atomic E-state index is 0.128. The van der Waals surface area contributed by atoms with E-state index in [0.717, 1.165) is 5.56 Å². The maximum absolute atomic E-state index is 9.95. The number of phenolic OH excluding ortho intramolecular Hbond substituents is 1. The van der Waals surface area contributed by atoms with Gasteiger partial charge in [0.2, 0.25) is 0 Å². The highest BCUT2D eigenvalue weighted by atomic mass is 32.4. The maximum atomic E-state index is 9.95. The quantitative estimate of drug-likeness (QED) is 0.0889. The summed E-state index contributed by atoms with van der Waals surface area (Å²) in [4.78, 5) is 9.95. The van der Waals surface area contributed by atoms with Crippen molar-refractivity contribution in [3.05, 3.63) is 66.0 Å². The summed E-state index contributed by atoms with van der Waals surface area (Å²) in [5.74, 6) is 0.384. The molecule has 0 spiro atoms. The fraction of sp³-hybridized carbons (Fsp3) is 0.391. The van der Waals surface area contributed by atoms with Crippen LogP contribution in [-0.4, -0.2) is 34.5 Å². The van der Waals surface area contributed by atoms with Crippen molar-refractivity contribution in [3.8, 4) is 5.75 Å². The van der Waals surface area contributed by atoms with Crippen LogP contribution in [0.25, 0.3) is 0 Å². The Morgan fingerprint density at radius 2 is 1.67 bits per heavy atom. The van der Waals surface area contributed by atoms with Crippen molar-refractivity contribution in [2.75, 3.05) is 7.05 Å². The van der Waals surface area contributed by atoms with E-state index in [2.05, 4.69) is 39.4 Å². The van der Waals surface area contributed by atoms with Crippen molar-refractivity contribution in [2.45, 2.75) is 53.9 Å². The summed E-state index contributed by atoms with van der Waals surface area (Å²) in [6, 6.07) is 6.80. The van der Waals surface area contributed by atoms with Gasteiger partial charge >= 0.3 is 0 Å². The summed E-state index contributed by atoms with van der Waals surface area (Å²) in [5, 5.41) is 21.9. The van der Waals surface area contributed by atoms with Gasteiger partial charge in [-0.2, -0.15) is 5.10 Å². The zero-order valence-electron chi connectivity index (χ0n) is 19.1. The van der Waals surface area contributed by atoms with Crippen molar-refractivity contribution in [1.82, 2.24) is 4.78 Å². The average molecular weight is 453 g/mol. The fourth-order valence-corrected chi connectivity index (χ4v) is 1.28. The second-order valence-corrected chi connectivity index (χ2v) is 7.09. The molecule has 0 atom stereocenters. The number of benzene rings is 1. The van der Waals surface area contributed by atoms with Crippen LogP contribution in [0.1, 0.15) is 59.4 Å². The van der Waals surface area contributed by atoms with E-state index in [-0.39, 0.29) is 11.5 Å². The number of aromatic hydroxyl groups is 1. The molecule has 0 aliphatic heterocycles. The Labute approximate surface area is 189 Å². The normalized spacial score (nSPS) is 10.3. The predicted molar refractivity (Wildman–Crippen MR) is 135 cm³/mol. The first-order chi connectivity index (χ1) is 14.2. The Balaban J connectivity index is -0.000000379. The van der Waals surface area contributed by atoms with E-state index < -0.39 is 0 Å². The van der Waals surface area contributed by atoms with E-state index in [4.69, 9.17) is 22.0 Å². The number of carbonyl (C=O) groups excluding carboxylic acids is 1. The summed E-state index contributed by atoms with van der Waals surface area (Å²) < 4.78 is 1.63. The molecule has 7 heteroatoms. The lowest BCUT2D eigenvalue weighted by Gasteiger charge is -2.00. The number of phenols is 1. The lowest BCUT2D eigenvalue weighted by Crippen LogP contribution is -1.94. The zero-order chi connectivity index (χ0) is 23.8. The molecule has 0 aliphatic rings. The summed E-state index contributed by atoms with van der Waals surface area (Å²) in [6.07, 6.45) is 10.6. The minimum Gasteiger partial charge on any atom is -0.508 e. The van der Waals surface area contributed by atoms with Crippen molar-refractivity contribution in [3.63, 3.8) is 0 Å². The molecule has 168 valence electrons. The summed E-state index contributed by atoms with van der Waals surface area (Å²) in [5.41, 5.74) is 1.27. The van der Waals surface area contributed by atoms with Gasteiger partial charge < -0.3 is 10.2 Å². The molecular weight excluding hydrogens is 415 g/mol. The zero-order valence-corrected chi connectivity index (χ0v) is 20.8. The number of allylic oxidation sites excluding steroid dienone is 4. The van der Waals surface area contributed by atoms with Gasteiger partial charge in [0, 0.05) is 12.6 Å². The Morgan fingerprint density at radius 1 is 1.17 bits per heavy atom. The van der Waals surface area contributed by atoms with E-state index >= 15 is 0 Å². The van der Waals surface area contributed by atoms with Gasteiger partial charge in [-0.1, -0.05) is 53.5 Å². The monoisotopic (exact) mass is 452 g/mol. The van der Waals surface area contributed by atoms with Crippen LogP contribution in [0, 0.1) is 0 Å². The standard InChI is InChI=1S/C8H9N2OPS.C8H10O2.C4H10.C3H8/c1-10(12-13)9-6-7-2-4-8(11)5-3-7;1-3-8(10)5-4-7(2)6-9;1-3-4-2;1-3-2/h2-6,11H,1H3;3-6,10H,2H2,1H3;3-4H2,1-2H3;3H2,1-2H3/b9-6+;5-4-,8-3+;;. The van der Waals surface area contributed by atoms with Gasteiger partial charge in [-0.15, -0.1) is 0 Å². The third-order valence-corrected chi connectivity index (χ3v) is 3.85. The molecule has 0 aliphatic carbocycles. The molecule has 0 saturated heterocycles. The summed E-state index contributed by atoms with van der Waals surface area (Å²) in [7, 11) is 2.48. The topological polar surface area (TPSA) is 73.1 Å². The largest absolute Gasteiger partial charge is 0.508 e. The average Bonchev–Trinajstić information content (AvgIpc) is 2.77. The molecule has 2 N–H and O–H groups in total. The molecule has 0 amide bonds. The molecule has 30 heavy (non-hydrogen) atoms. The Morgan fingerprint density at radius 3 is 2.03 bits per heavy atom. The maximum Gasteiger partial charge on any atom is 0.149 e. The lowest BCUT2D eigenvalue weighted by molar-refractivity contribution is -0.104. The molecule has 1 rings (SSSR count). The van der Waals surface area contributed by atoms with E-state index in [1.165, 1.54) is 37.5 Å². The van der Waals surface area contributed by atoms with Gasteiger partial charge in [0.15, 0.2) is 0 Å². The van der Waals surface area contributed by atoms with Crippen LogP contribution >= 0.6 is 7.51 Å². The smallest absolute Gasteiger partial charge is 0.149 e. The first kappa shape index (κ1) is 32.4. The van der Waals surface area contributed by atoms with Gasteiger partial charge in [-0.05, 0) is 66.8 Å². The first-order valence-corrected chi connectivity index (χ1v) is 11.7. The second kappa shape index (κ2) is 24.7. The fourth-order valence-electron chi connectivity index (χ4n) is 1.06. The Bertz CT molecular complexity index is 651. The van der Waals surface area contributed by atoms with Gasteiger partial charge in [0.05, 0.1) is 6.21 Å². The van der Waals surface area contributed by atoms with Gasteiger partial charge in [0.25, 0.3) is 0 Å². The highest BCUT2D eigenvalue weighted by molar-refractivity contribution is 7.95. The number of hydrazone groups is 1. The SMILES string of the molecule is C=C(C=O)/C=C\C(O)=C/C.CCC.CCCC.CN(/N=C/c1ccc(O)cc1)P=S. The molecule has 0 aromatic heterocycles. The minimum atomic E-state index is 0.128. The van der Waals surface area contributed by atoms with Crippen molar-refractivity contribution in [1.29, 1.82) is 0 Å². The number of unbranched alkanes of at least 4 members (excludes halogenated alkanes) is 1. The number of carbonyl (C=O) groups is 1. The first-order valence-electron chi connectivity index (χ1n) is 9.83. The van der Waals surface area contributed by atoms with Crippen LogP contribution in [-0.2, 0) is 16.6 Å². The Hall–Kier alpha value is -2.30. The van der Waals surface area contributed by atoms with Gasteiger partial charge in [0.1, 0.15) is 25.3 Å². The molecule has 5 nitrogen and oxygen atoms in total. The van der Waals surface area contributed by atoms with Crippen LogP contribution in [0.5, 0.6) is 5.75 Å². The van der Waals surface area contributed by atoms with E-state index in [1.807, 2.05) is 0 Å². The highest BCUT2D eigenvalue weighted by Crippen LogP contribution is 2.08. The number of hydrogen-bond donors (Lipinski definition) is 2. The molecule has 0 radical (unpaired) electrons. The third kappa shape index (κ3) is 25.7. The highest BCUT2D eigenvalue weighted by Gasteiger charge is 1.89. The third-order valence-electron chi connectivity index (χ3n) is 2.80. The van der Waals surface area contributed by atoms with Crippen molar-refractivity contribution >= 4 is 31.8 Å². The number of aliphatic hydroxyl groups is 1. The van der Waals surface area contributed by atoms with E-state index in [0.29, 0.717) is 19.4 Å². The molecule has 0 fully saturated rings. The van der Waals surface area contributed by atoms with Crippen molar-refractivity contribution < 1.29 is 15.0 Å². The van der Waals surface area contributed by atoms with Crippen molar-refractivity contribution in [2.24, 2.45) is 5.10 Å². The van der Waals surface area contributed by atoms with Gasteiger partial charge in [-0.25, -0.2) is 4.78 Å². The van der Waals surface area contributed by atoms with E-state index in [9.17, 15) is 4.79 Å². The molecular formula is C23H37N2O3PS. The van der Waals surface area contributed by atoms with Crippen LogP contribution < -0.4 is 0 Å². The number of hydrogen-bond acceptors (Lipinski definition) is 5. The lowest BCUT2D eigenvalue weighted by atomic mass is 10.2. The van der Waals surface area contributed by atoms with Crippen LogP contribution in [0.4, 0.5) is 0 Å². The van der Waals surface area contributed by atoms with Gasteiger partial charge in [-0.3, -0.25) is 4.79 Å². The molecule has 0 heterocycles. The number of aldehydes is 1. The summed E-state index contributed by atoms with van der Waals surface area (Å²) in [6.45, 7) is 13.7. The number of nitrogens with zero attached hydrogens (tertiary/aromatic N) is 2. The molecule has 0 saturated carbocycles.